The van der Waals surface area contributed by atoms with Crippen LogP contribution in [0.2, 0.25) is 0 Å². The van der Waals surface area contributed by atoms with Crippen molar-refractivity contribution in [2.24, 2.45) is 5.73 Å². The molecule has 1 amide bonds. The van der Waals surface area contributed by atoms with Crippen LogP contribution in [0.1, 0.15) is 21.6 Å². The third kappa shape index (κ3) is 3.53. The van der Waals surface area contributed by atoms with Crippen LogP contribution >= 0.6 is 0 Å². The van der Waals surface area contributed by atoms with E-state index >= 15 is 0 Å². The largest absolute Gasteiger partial charge is 0.497 e. The molecule has 0 aliphatic carbocycles. The first-order valence-electron chi connectivity index (χ1n) is 6.75. The molecule has 0 saturated heterocycles. The minimum atomic E-state index is -0.546. The Hall–Kier alpha value is -2.60. The number of pyridine rings is 1. The number of ether oxygens (including phenoxy) is 2. The Morgan fingerprint density at radius 1 is 1.27 bits per heavy atom. The molecule has 6 nitrogen and oxygen atoms in total. The summed E-state index contributed by atoms with van der Waals surface area (Å²) in [7, 11) is 3.17. The fourth-order valence-electron chi connectivity index (χ4n) is 2.19. The molecule has 0 fully saturated rings. The van der Waals surface area contributed by atoms with Gasteiger partial charge in [-0.15, -0.1) is 0 Å². The van der Waals surface area contributed by atoms with E-state index < -0.39 is 5.91 Å². The molecule has 0 bridgehead atoms. The lowest BCUT2D eigenvalue weighted by Gasteiger charge is -2.14. The summed E-state index contributed by atoms with van der Waals surface area (Å²) >= 11 is 0. The molecule has 0 unspecified atom stereocenters. The van der Waals surface area contributed by atoms with Gasteiger partial charge in [0.1, 0.15) is 11.6 Å². The van der Waals surface area contributed by atoms with Gasteiger partial charge >= 0.3 is 0 Å². The monoisotopic (exact) mass is 301 g/mol. The van der Waals surface area contributed by atoms with E-state index in [1.165, 1.54) is 0 Å². The van der Waals surface area contributed by atoms with Crippen molar-refractivity contribution in [2.45, 2.75) is 13.5 Å². The Morgan fingerprint density at radius 2 is 1.95 bits per heavy atom. The number of amides is 1. The Balaban J connectivity index is 2.41. The SMILES string of the molecule is COCc1cc(C)nc(Nc2ccc(OC)cc2)c1C(N)=O. The highest BCUT2D eigenvalue weighted by Crippen LogP contribution is 2.24. The van der Waals surface area contributed by atoms with E-state index in [4.69, 9.17) is 15.2 Å². The molecule has 2 rings (SSSR count). The molecule has 6 heteroatoms. The normalized spacial score (nSPS) is 10.3. The number of carbonyl (C=O) groups is 1. The van der Waals surface area contributed by atoms with Gasteiger partial charge in [-0.2, -0.15) is 0 Å². The quantitative estimate of drug-likeness (QED) is 0.855. The molecule has 0 spiro atoms. The average molecular weight is 301 g/mol. The number of hydrogen-bond donors (Lipinski definition) is 2. The summed E-state index contributed by atoms with van der Waals surface area (Å²) in [5.41, 5.74) is 8.10. The molecule has 22 heavy (non-hydrogen) atoms. The van der Waals surface area contributed by atoms with Crippen LogP contribution in [0.4, 0.5) is 11.5 Å². The Bertz CT molecular complexity index is 669. The third-order valence-electron chi connectivity index (χ3n) is 3.13. The molecule has 1 aromatic carbocycles. The lowest BCUT2D eigenvalue weighted by atomic mass is 10.1. The van der Waals surface area contributed by atoms with E-state index in [1.807, 2.05) is 31.2 Å². The van der Waals surface area contributed by atoms with E-state index in [9.17, 15) is 4.79 Å². The zero-order valence-corrected chi connectivity index (χ0v) is 12.8. The first-order valence-corrected chi connectivity index (χ1v) is 6.75. The fraction of sp³-hybridized carbons (Fsp3) is 0.250. The van der Waals surface area contributed by atoms with Gasteiger partial charge in [-0.05, 0) is 42.8 Å². The zero-order chi connectivity index (χ0) is 16.1. The van der Waals surface area contributed by atoms with Crippen molar-refractivity contribution in [3.63, 3.8) is 0 Å². The average Bonchev–Trinajstić information content (AvgIpc) is 2.47. The number of aryl methyl sites for hydroxylation is 1. The van der Waals surface area contributed by atoms with Crippen molar-refractivity contribution in [2.75, 3.05) is 19.5 Å². The molecular weight excluding hydrogens is 282 g/mol. The molecule has 0 atom stereocenters. The summed E-state index contributed by atoms with van der Waals surface area (Å²) in [5, 5.41) is 3.12. The van der Waals surface area contributed by atoms with E-state index in [0.717, 1.165) is 17.1 Å². The smallest absolute Gasteiger partial charge is 0.252 e. The predicted molar refractivity (Wildman–Crippen MR) is 84.5 cm³/mol. The van der Waals surface area contributed by atoms with E-state index in [2.05, 4.69) is 10.3 Å². The molecule has 116 valence electrons. The predicted octanol–water partition coefficient (Wildman–Crippen LogP) is 2.39. The molecule has 0 saturated carbocycles. The fourth-order valence-corrected chi connectivity index (χ4v) is 2.19. The molecule has 3 N–H and O–H groups in total. The van der Waals surface area contributed by atoms with Crippen LogP contribution in [0.5, 0.6) is 5.75 Å². The van der Waals surface area contributed by atoms with Crippen LogP contribution in [-0.4, -0.2) is 25.1 Å². The number of nitrogens with two attached hydrogens (primary N) is 1. The summed E-state index contributed by atoms with van der Waals surface area (Å²) in [6.07, 6.45) is 0. The van der Waals surface area contributed by atoms with Crippen LogP contribution in [0.25, 0.3) is 0 Å². The minimum Gasteiger partial charge on any atom is -0.497 e. The van der Waals surface area contributed by atoms with Crippen molar-refractivity contribution in [3.05, 3.63) is 47.2 Å². The molecule has 1 aromatic heterocycles. The minimum absolute atomic E-state index is 0.291. The van der Waals surface area contributed by atoms with Crippen molar-refractivity contribution in [3.8, 4) is 5.75 Å². The first-order chi connectivity index (χ1) is 10.5. The van der Waals surface area contributed by atoms with Crippen molar-refractivity contribution in [1.82, 2.24) is 4.98 Å². The molecule has 2 aromatic rings. The summed E-state index contributed by atoms with van der Waals surface area (Å²) in [5.74, 6) is 0.623. The highest BCUT2D eigenvalue weighted by molar-refractivity contribution is 5.99. The number of nitrogens with one attached hydrogen (secondary N) is 1. The van der Waals surface area contributed by atoms with Crippen molar-refractivity contribution >= 4 is 17.4 Å². The second-order valence-corrected chi connectivity index (χ2v) is 4.80. The van der Waals surface area contributed by atoms with Gasteiger partial charge < -0.3 is 20.5 Å². The van der Waals surface area contributed by atoms with Gasteiger partial charge in [-0.3, -0.25) is 4.79 Å². The number of aromatic nitrogens is 1. The second kappa shape index (κ2) is 6.91. The summed E-state index contributed by atoms with van der Waals surface area (Å²) in [6.45, 7) is 2.14. The maximum absolute atomic E-state index is 11.8. The number of nitrogens with zero attached hydrogens (tertiary/aromatic N) is 1. The lowest BCUT2D eigenvalue weighted by Crippen LogP contribution is -2.18. The number of primary amides is 1. The van der Waals surface area contributed by atoms with Crippen LogP contribution in [0.15, 0.2) is 30.3 Å². The topological polar surface area (TPSA) is 86.5 Å². The second-order valence-electron chi connectivity index (χ2n) is 4.80. The lowest BCUT2D eigenvalue weighted by molar-refractivity contribution is 0.0996. The van der Waals surface area contributed by atoms with E-state index in [-0.39, 0.29) is 0 Å². The van der Waals surface area contributed by atoms with E-state index in [1.54, 1.807) is 20.3 Å². The van der Waals surface area contributed by atoms with Gasteiger partial charge in [-0.25, -0.2) is 4.98 Å². The summed E-state index contributed by atoms with van der Waals surface area (Å²) < 4.78 is 10.2. The third-order valence-corrected chi connectivity index (χ3v) is 3.13. The highest BCUT2D eigenvalue weighted by atomic mass is 16.5. The first kappa shape index (κ1) is 15.8. The van der Waals surface area contributed by atoms with Crippen molar-refractivity contribution < 1.29 is 14.3 Å². The number of hydrogen-bond acceptors (Lipinski definition) is 5. The number of anilines is 2. The van der Waals surface area contributed by atoms with Crippen LogP contribution in [0.3, 0.4) is 0 Å². The number of methoxy groups -OCH3 is 2. The summed E-state index contributed by atoms with van der Waals surface area (Å²) in [6, 6.07) is 9.10. The number of carbonyl (C=O) groups excluding carboxylic acids is 1. The molecule has 0 radical (unpaired) electrons. The number of rotatable bonds is 6. The Labute approximate surface area is 129 Å². The highest BCUT2D eigenvalue weighted by Gasteiger charge is 2.16. The molecular formula is C16H19N3O3. The van der Waals surface area contributed by atoms with Gasteiger partial charge in [-0.1, -0.05) is 0 Å². The summed E-state index contributed by atoms with van der Waals surface area (Å²) in [4.78, 5) is 16.2. The molecule has 1 heterocycles. The van der Waals surface area contributed by atoms with Gasteiger partial charge in [0.05, 0.1) is 19.3 Å². The van der Waals surface area contributed by atoms with Crippen LogP contribution < -0.4 is 15.8 Å². The maximum Gasteiger partial charge on any atom is 0.252 e. The van der Waals surface area contributed by atoms with Gasteiger partial charge in [0, 0.05) is 18.5 Å². The zero-order valence-electron chi connectivity index (χ0n) is 12.8. The standard InChI is InChI=1S/C16H19N3O3/c1-10-8-11(9-21-2)14(15(17)20)16(18-10)19-12-4-6-13(22-3)7-5-12/h4-8H,9H2,1-3H3,(H2,17,20)(H,18,19). The Kier molecular flexibility index (Phi) is 4.95. The van der Waals surface area contributed by atoms with Gasteiger partial charge in [0.2, 0.25) is 0 Å². The van der Waals surface area contributed by atoms with Crippen LogP contribution in [-0.2, 0) is 11.3 Å². The molecule has 0 aliphatic heterocycles. The maximum atomic E-state index is 11.8. The van der Waals surface area contributed by atoms with Crippen LogP contribution in [0, 0.1) is 6.92 Å². The van der Waals surface area contributed by atoms with Gasteiger partial charge in [0.15, 0.2) is 0 Å². The van der Waals surface area contributed by atoms with Gasteiger partial charge in [0.25, 0.3) is 5.91 Å². The Morgan fingerprint density at radius 3 is 2.50 bits per heavy atom. The molecule has 0 aliphatic rings. The van der Waals surface area contributed by atoms with E-state index in [0.29, 0.717) is 23.6 Å². The number of benzene rings is 1. The van der Waals surface area contributed by atoms with Crippen molar-refractivity contribution in [1.29, 1.82) is 0 Å².